The number of hydrogen-bond acceptors (Lipinski definition) is 5. The van der Waals surface area contributed by atoms with E-state index >= 15 is 0 Å². The van der Waals surface area contributed by atoms with Gasteiger partial charge in [0, 0.05) is 18.9 Å². The van der Waals surface area contributed by atoms with Crippen molar-refractivity contribution >= 4 is 11.3 Å². The zero-order valence-electron chi connectivity index (χ0n) is 6.21. The van der Waals surface area contributed by atoms with Crippen LogP contribution in [0.2, 0.25) is 0 Å². The van der Waals surface area contributed by atoms with Crippen molar-refractivity contribution in [2.24, 2.45) is 5.73 Å². The Balaban J connectivity index is 2.35. The van der Waals surface area contributed by atoms with Gasteiger partial charge in [0.05, 0.1) is 0 Å². The second-order valence-electron chi connectivity index (χ2n) is 2.15. The molecule has 2 N–H and O–H groups in total. The van der Waals surface area contributed by atoms with Crippen molar-refractivity contribution in [1.29, 1.82) is 0 Å². The highest BCUT2D eigenvalue weighted by Gasteiger charge is 2.02. The van der Waals surface area contributed by atoms with Gasteiger partial charge in [-0.3, -0.25) is 4.57 Å². The maximum absolute atomic E-state index is 5.40. The van der Waals surface area contributed by atoms with Crippen molar-refractivity contribution in [3.05, 3.63) is 23.7 Å². The van der Waals surface area contributed by atoms with Crippen LogP contribution in [0.4, 0.5) is 0 Å². The number of rotatable bonds is 2. The highest BCUT2D eigenvalue weighted by atomic mass is 32.1. The second-order valence-corrected chi connectivity index (χ2v) is 3.19. The van der Waals surface area contributed by atoms with E-state index in [0.29, 0.717) is 6.54 Å². The summed E-state index contributed by atoms with van der Waals surface area (Å²) < 4.78 is 1.80. The Labute approximate surface area is 72.9 Å². The lowest BCUT2D eigenvalue weighted by Gasteiger charge is -1.89. The molecule has 0 aliphatic heterocycles. The van der Waals surface area contributed by atoms with Gasteiger partial charge in [-0.1, -0.05) is 11.3 Å². The number of nitrogens with zero attached hydrogens (tertiary/aromatic N) is 4. The zero-order valence-corrected chi connectivity index (χ0v) is 7.03. The molecule has 6 heteroatoms. The van der Waals surface area contributed by atoms with E-state index in [9.17, 15) is 0 Å². The molecule has 2 rings (SSSR count). The van der Waals surface area contributed by atoms with Gasteiger partial charge in [0.2, 0.25) is 5.13 Å². The molecule has 0 radical (unpaired) electrons. The summed E-state index contributed by atoms with van der Waals surface area (Å²) in [6, 6.07) is 0. The summed E-state index contributed by atoms with van der Waals surface area (Å²) in [5, 5.41) is 9.46. The van der Waals surface area contributed by atoms with Crippen molar-refractivity contribution < 1.29 is 0 Å². The molecule has 0 fully saturated rings. The average Bonchev–Trinajstić information content (AvgIpc) is 2.75. The highest BCUT2D eigenvalue weighted by molar-refractivity contribution is 7.13. The van der Waals surface area contributed by atoms with Gasteiger partial charge in [-0.2, -0.15) is 0 Å². The van der Waals surface area contributed by atoms with Crippen molar-refractivity contribution in [3.63, 3.8) is 0 Å². The number of hydrogen-bond donors (Lipinski definition) is 1. The van der Waals surface area contributed by atoms with Crippen LogP contribution in [0.5, 0.6) is 0 Å². The van der Waals surface area contributed by atoms with E-state index in [0.717, 1.165) is 10.1 Å². The van der Waals surface area contributed by atoms with E-state index in [1.807, 2.05) is 6.20 Å². The maximum Gasteiger partial charge on any atom is 0.217 e. The molecule has 2 heterocycles. The fourth-order valence-electron chi connectivity index (χ4n) is 0.804. The lowest BCUT2D eigenvalue weighted by molar-refractivity contribution is 0.918. The quantitative estimate of drug-likeness (QED) is 0.717. The smallest absolute Gasteiger partial charge is 0.217 e. The molecule has 2 aromatic rings. The molecule has 0 aromatic carbocycles. The first-order valence-corrected chi connectivity index (χ1v) is 4.22. The summed E-state index contributed by atoms with van der Waals surface area (Å²) in [4.78, 5) is 3.90. The van der Waals surface area contributed by atoms with Gasteiger partial charge in [0.1, 0.15) is 11.3 Å². The summed E-state index contributed by atoms with van der Waals surface area (Å²) in [5.74, 6) is 0. The molecule has 0 unspecified atom stereocenters. The molecule has 0 aliphatic rings. The van der Waals surface area contributed by atoms with E-state index in [4.69, 9.17) is 5.73 Å². The van der Waals surface area contributed by atoms with Crippen LogP contribution in [-0.2, 0) is 6.54 Å². The fourth-order valence-corrected chi connectivity index (χ4v) is 1.47. The normalized spacial score (nSPS) is 10.4. The Morgan fingerprint density at radius 2 is 2.42 bits per heavy atom. The molecule has 0 bridgehead atoms. The van der Waals surface area contributed by atoms with Crippen LogP contribution < -0.4 is 5.73 Å². The lowest BCUT2D eigenvalue weighted by atomic mass is 10.7. The minimum absolute atomic E-state index is 0.437. The molecule has 0 atom stereocenters. The maximum atomic E-state index is 5.40. The first-order valence-electron chi connectivity index (χ1n) is 3.41. The Morgan fingerprint density at radius 1 is 1.50 bits per heavy atom. The Hall–Kier alpha value is -1.27. The zero-order chi connectivity index (χ0) is 8.39. The number of aromatic nitrogens is 4. The Bertz CT molecular complexity index is 352. The molecule has 0 spiro atoms. The molecule has 5 nitrogen and oxygen atoms in total. The van der Waals surface area contributed by atoms with Crippen molar-refractivity contribution in [2.45, 2.75) is 6.54 Å². The molecule has 0 aliphatic carbocycles. The SMILES string of the molecule is NCc1nnc(-n2ccnc2)s1. The van der Waals surface area contributed by atoms with Crippen molar-refractivity contribution in [3.8, 4) is 5.13 Å². The minimum Gasteiger partial charge on any atom is -0.324 e. The molecule has 0 saturated carbocycles. The summed E-state index contributed by atoms with van der Waals surface area (Å²) in [6.07, 6.45) is 5.20. The Morgan fingerprint density at radius 3 is 3.00 bits per heavy atom. The molecular formula is C6H7N5S. The highest BCUT2D eigenvalue weighted by Crippen LogP contribution is 2.12. The van der Waals surface area contributed by atoms with Gasteiger partial charge in [-0.15, -0.1) is 10.2 Å². The summed E-state index contributed by atoms with van der Waals surface area (Å²) >= 11 is 1.47. The third kappa shape index (κ3) is 1.21. The largest absolute Gasteiger partial charge is 0.324 e. The van der Waals surface area contributed by atoms with Crippen LogP contribution in [0.1, 0.15) is 5.01 Å². The standard InChI is InChI=1S/C6H7N5S/c7-3-5-9-10-6(12-5)11-2-1-8-4-11/h1-2,4H,3,7H2. The van der Waals surface area contributed by atoms with Crippen LogP contribution in [0.15, 0.2) is 18.7 Å². The fraction of sp³-hybridized carbons (Fsp3) is 0.167. The van der Waals surface area contributed by atoms with E-state index in [1.54, 1.807) is 17.1 Å². The number of nitrogens with two attached hydrogens (primary N) is 1. The molecule has 0 amide bonds. The van der Waals surface area contributed by atoms with E-state index in [-0.39, 0.29) is 0 Å². The molecule has 12 heavy (non-hydrogen) atoms. The van der Waals surface area contributed by atoms with Crippen LogP contribution in [0.3, 0.4) is 0 Å². The van der Waals surface area contributed by atoms with Crippen molar-refractivity contribution in [2.75, 3.05) is 0 Å². The third-order valence-electron chi connectivity index (χ3n) is 1.36. The molecule has 62 valence electrons. The first-order chi connectivity index (χ1) is 5.90. The molecule has 2 aromatic heterocycles. The molecule has 0 saturated heterocycles. The van der Waals surface area contributed by atoms with Gasteiger partial charge >= 0.3 is 0 Å². The summed E-state index contributed by atoms with van der Waals surface area (Å²) in [5.41, 5.74) is 5.40. The topological polar surface area (TPSA) is 69.6 Å². The van der Waals surface area contributed by atoms with E-state index < -0.39 is 0 Å². The van der Waals surface area contributed by atoms with Crippen LogP contribution >= 0.6 is 11.3 Å². The molecular weight excluding hydrogens is 174 g/mol. The summed E-state index contributed by atoms with van der Waals surface area (Å²) in [7, 11) is 0. The van der Waals surface area contributed by atoms with Crippen LogP contribution in [0, 0.1) is 0 Å². The van der Waals surface area contributed by atoms with Crippen LogP contribution in [-0.4, -0.2) is 19.7 Å². The lowest BCUT2D eigenvalue weighted by Crippen LogP contribution is -1.94. The monoisotopic (exact) mass is 181 g/mol. The van der Waals surface area contributed by atoms with Crippen molar-refractivity contribution in [1.82, 2.24) is 19.7 Å². The second kappa shape index (κ2) is 3.00. The first kappa shape index (κ1) is 7.38. The minimum atomic E-state index is 0.437. The third-order valence-corrected chi connectivity index (χ3v) is 2.32. The van der Waals surface area contributed by atoms with Crippen LogP contribution in [0.25, 0.3) is 5.13 Å². The van der Waals surface area contributed by atoms with Gasteiger partial charge in [-0.05, 0) is 0 Å². The van der Waals surface area contributed by atoms with Gasteiger partial charge < -0.3 is 5.73 Å². The van der Waals surface area contributed by atoms with Gasteiger partial charge in [0.25, 0.3) is 0 Å². The number of imidazole rings is 1. The Kier molecular flexibility index (Phi) is 1.84. The predicted octanol–water partition coefficient (Wildman–Crippen LogP) is 0.182. The summed E-state index contributed by atoms with van der Waals surface area (Å²) in [6.45, 7) is 0.437. The van der Waals surface area contributed by atoms with Gasteiger partial charge in [-0.25, -0.2) is 4.98 Å². The van der Waals surface area contributed by atoms with E-state index in [2.05, 4.69) is 15.2 Å². The average molecular weight is 181 g/mol. The van der Waals surface area contributed by atoms with E-state index in [1.165, 1.54) is 11.3 Å². The predicted molar refractivity (Wildman–Crippen MR) is 44.9 cm³/mol. The van der Waals surface area contributed by atoms with Gasteiger partial charge in [0.15, 0.2) is 0 Å².